The van der Waals surface area contributed by atoms with Gasteiger partial charge in [0.1, 0.15) is 13.2 Å². The van der Waals surface area contributed by atoms with E-state index >= 15 is 0 Å². The van der Waals surface area contributed by atoms with Gasteiger partial charge in [-0.05, 0) is 122 Å². The highest BCUT2D eigenvalue weighted by Crippen LogP contribution is 2.15. The molecule has 0 spiro atoms. The topological polar surface area (TPSA) is 111 Å². The van der Waals surface area contributed by atoms with Crippen LogP contribution in [0.2, 0.25) is 0 Å². The van der Waals surface area contributed by atoms with Gasteiger partial charge < -0.3 is 33.3 Å². The van der Waals surface area contributed by atoms with Crippen molar-refractivity contribution in [1.29, 1.82) is 0 Å². The smallest absolute Gasteiger partial charge is 0.306 e. The molecule has 0 N–H and O–H groups in total. The predicted octanol–water partition coefficient (Wildman–Crippen LogP) is 19.0. The Kier molecular flexibility index (Phi) is 59.5. The number of aliphatic carboxylic acids is 1. The minimum atomic E-state index is -1.64. The molecule has 0 aromatic rings. The lowest BCUT2D eigenvalue weighted by Crippen LogP contribution is -2.44. The Morgan fingerprint density at radius 3 is 1.02 bits per heavy atom. The van der Waals surface area contributed by atoms with Gasteiger partial charge in [-0.25, -0.2) is 0 Å². The number of nitrogens with zero attached hydrogens (tertiary/aromatic N) is 1. The highest BCUT2D eigenvalue weighted by atomic mass is 16.7. The molecule has 0 aromatic heterocycles. The minimum Gasteiger partial charge on any atom is -0.545 e. The van der Waals surface area contributed by atoms with Crippen molar-refractivity contribution in [2.45, 2.75) is 257 Å². The fraction of sp³-hybridized carbons (Fsp3) is 0.635. The van der Waals surface area contributed by atoms with E-state index in [1.165, 1.54) is 83.5 Å². The zero-order valence-corrected chi connectivity index (χ0v) is 53.5. The second-order valence-electron chi connectivity index (χ2n) is 22.7. The maximum Gasteiger partial charge on any atom is 0.306 e. The summed E-state index contributed by atoms with van der Waals surface area (Å²) < 4.78 is 22.7. The number of carboxylic acids is 1. The van der Waals surface area contributed by atoms with Crippen molar-refractivity contribution in [1.82, 2.24) is 0 Å². The van der Waals surface area contributed by atoms with Gasteiger partial charge in [-0.15, -0.1) is 0 Å². The van der Waals surface area contributed by atoms with Gasteiger partial charge in [-0.3, -0.25) is 9.59 Å². The molecule has 0 aromatic carbocycles. The van der Waals surface area contributed by atoms with Crippen molar-refractivity contribution in [3.63, 3.8) is 0 Å². The molecule has 2 unspecified atom stereocenters. The van der Waals surface area contributed by atoms with E-state index in [0.717, 1.165) is 128 Å². The third-order valence-corrected chi connectivity index (χ3v) is 13.6. The molecule has 0 amide bonds. The number of esters is 2. The molecule has 0 aliphatic rings. The SMILES string of the molecule is CC/C=C\C/C=C\C/C=C\C/C=C\C/C=C\C/C=C\C/C=C\C/C=C\C/C=C\CCCCCCCCCC(=O)OC(COC(=O)CCCCCCCCCC/C=C\C/C=C\C/C=C\CCCCCCC)COC(OCC[N+](C)(C)C)C(=O)[O-]. The van der Waals surface area contributed by atoms with Crippen molar-refractivity contribution < 1.29 is 42.9 Å². The summed E-state index contributed by atoms with van der Waals surface area (Å²) in [5, 5.41) is 11.8. The average molecular weight is 1150 g/mol. The average Bonchev–Trinajstić information content (AvgIpc) is 3.46. The van der Waals surface area contributed by atoms with Crippen LogP contribution in [0.4, 0.5) is 0 Å². The number of carbonyl (C=O) groups excluding carboxylic acids is 3. The van der Waals surface area contributed by atoms with E-state index < -0.39 is 24.3 Å². The molecular formula is C74H121NO8. The van der Waals surface area contributed by atoms with Crippen LogP contribution in [0.3, 0.4) is 0 Å². The van der Waals surface area contributed by atoms with Crippen molar-refractivity contribution in [2.75, 3.05) is 47.5 Å². The van der Waals surface area contributed by atoms with Crippen LogP contribution < -0.4 is 5.11 Å². The second-order valence-corrected chi connectivity index (χ2v) is 22.7. The summed E-state index contributed by atoms with van der Waals surface area (Å²) in [4.78, 5) is 37.4. The first-order valence-corrected chi connectivity index (χ1v) is 33.0. The predicted molar refractivity (Wildman–Crippen MR) is 352 cm³/mol. The normalized spacial score (nSPS) is 13.7. The fourth-order valence-electron chi connectivity index (χ4n) is 8.54. The van der Waals surface area contributed by atoms with Crippen molar-refractivity contribution in [3.05, 3.63) is 146 Å². The molecule has 83 heavy (non-hydrogen) atoms. The first-order valence-electron chi connectivity index (χ1n) is 33.0. The summed E-state index contributed by atoms with van der Waals surface area (Å²) in [6, 6.07) is 0. The quantitative estimate of drug-likeness (QED) is 0.0195. The Hall–Kier alpha value is -4.83. The molecule has 9 nitrogen and oxygen atoms in total. The molecule has 0 saturated heterocycles. The lowest BCUT2D eigenvalue weighted by molar-refractivity contribution is -0.870. The molecule has 0 radical (unpaired) electrons. The van der Waals surface area contributed by atoms with Crippen molar-refractivity contribution in [2.24, 2.45) is 0 Å². The van der Waals surface area contributed by atoms with E-state index in [0.29, 0.717) is 17.4 Å². The number of quaternary nitrogens is 1. The Morgan fingerprint density at radius 1 is 0.373 bits per heavy atom. The van der Waals surface area contributed by atoms with Gasteiger partial charge in [0.2, 0.25) is 0 Å². The highest BCUT2D eigenvalue weighted by molar-refractivity contribution is 5.70. The number of hydrogen-bond donors (Lipinski definition) is 0. The molecule has 470 valence electrons. The van der Waals surface area contributed by atoms with Crippen LogP contribution in [0.25, 0.3) is 0 Å². The van der Waals surface area contributed by atoms with Gasteiger partial charge in [0.25, 0.3) is 0 Å². The first-order chi connectivity index (χ1) is 40.6. The van der Waals surface area contributed by atoms with E-state index in [1.54, 1.807) is 0 Å². The Labute approximate surface area is 509 Å². The lowest BCUT2D eigenvalue weighted by atomic mass is 10.1. The standard InChI is InChI=1S/C74H121NO8/c1-6-8-10-12-14-16-18-20-22-24-26-28-30-31-32-33-34-35-36-37-38-39-40-41-43-45-47-49-51-53-55-57-59-61-63-65-72(77)83-70(69-82-74(73(78)79)80-67-66-75(3,4)5)68-81-71(76)64-62-60-58-56-54-52-50-48-46-44-42-29-27-25-23-21-19-17-15-13-11-9-7-2/h8,10,14,16,19-22,25-28,31-32,34-35,37-38,40-42,44-45,47,70,74H,6-7,9,11-13,15,17-18,23-24,29-30,33,36,39,43,46,48-69H2,1-5H3/b10-8-,16-14-,21-19-,22-20-,27-25-,28-26-,32-31-,35-34-,38-37-,41-40-,44-42-,47-45-. The van der Waals surface area contributed by atoms with Crippen LogP contribution in [-0.4, -0.2) is 82.3 Å². The third kappa shape index (κ3) is 64.6. The summed E-state index contributed by atoms with van der Waals surface area (Å²) in [7, 11) is 5.91. The Morgan fingerprint density at radius 2 is 0.687 bits per heavy atom. The van der Waals surface area contributed by atoms with Gasteiger partial charge in [-0.1, -0.05) is 256 Å². The maximum atomic E-state index is 12.9. The third-order valence-electron chi connectivity index (χ3n) is 13.6. The van der Waals surface area contributed by atoms with E-state index in [-0.39, 0.29) is 38.6 Å². The Bertz CT molecular complexity index is 1870. The summed E-state index contributed by atoms with van der Waals surface area (Å²) in [5.74, 6) is -2.32. The molecule has 0 aliphatic heterocycles. The molecule has 0 heterocycles. The lowest BCUT2D eigenvalue weighted by Gasteiger charge is -2.26. The molecule has 9 heteroatoms. The molecule has 0 bridgehead atoms. The number of rotatable bonds is 59. The van der Waals surface area contributed by atoms with E-state index in [2.05, 4.69) is 160 Å². The number of ether oxygens (including phenoxy) is 4. The van der Waals surface area contributed by atoms with Crippen LogP contribution in [0.15, 0.2) is 146 Å². The van der Waals surface area contributed by atoms with Gasteiger partial charge >= 0.3 is 11.9 Å². The minimum absolute atomic E-state index is 0.136. The van der Waals surface area contributed by atoms with Crippen LogP contribution >= 0.6 is 0 Å². The summed E-state index contributed by atoms with van der Waals surface area (Å²) in [6.45, 7) is 4.59. The molecule has 0 rings (SSSR count). The highest BCUT2D eigenvalue weighted by Gasteiger charge is 2.22. The van der Waals surface area contributed by atoms with E-state index in [4.69, 9.17) is 18.9 Å². The van der Waals surface area contributed by atoms with Crippen LogP contribution in [0, 0.1) is 0 Å². The van der Waals surface area contributed by atoms with Crippen molar-refractivity contribution in [3.8, 4) is 0 Å². The van der Waals surface area contributed by atoms with Crippen molar-refractivity contribution >= 4 is 17.9 Å². The van der Waals surface area contributed by atoms with Gasteiger partial charge in [0.05, 0.1) is 40.3 Å². The van der Waals surface area contributed by atoms with E-state index in [1.807, 2.05) is 21.1 Å². The Balaban J connectivity index is 4.26. The molecule has 0 fully saturated rings. The van der Waals surface area contributed by atoms with Gasteiger partial charge in [0, 0.05) is 12.8 Å². The zero-order valence-electron chi connectivity index (χ0n) is 53.5. The number of carbonyl (C=O) groups is 3. The van der Waals surface area contributed by atoms with Gasteiger partial charge in [-0.2, -0.15) is 0 Å². The van der Waals surface area contributed by atoms with E-state index in [9.17, 15) is 19.5 Å². The van der Waals surface area contributed by atoms with Crippen LogP contribution in [-0.2, 0) is 33.3 Å². The first kappa shape index (κ1) is 78.2. The summed E-state index contributed by atoms with van der Waals surface area (Å²) >= 11 is 0. The molecule has 0 aliphatic carbocycles. The number of hydrogen-bond acceptors (Lipinski definition) is 8. The largest absolute Gasteiger partial charge is 0.545 e. The summed E-state index contributed by atoms with van der Waals surface area (Å²) in [6.07, 6.45) is 89.0. The molecular weight excluding hydrogens is 1030 g/mol. The number of allylic oxidation sites excluding steroid dienone is 24. The maximum absolute atomic E-state index is 12.9. The molecule has 2 atom stereocenters. The number of likely N-dealkylation sites (N-methyl/N-ethyl adjacent to an activating group) is 1. The molecule has 0 saturated carbocycles. The van der Waals surface area contributed by atoms with Crippen LogP contribution in [0.1, 0.15) is 245 Å². The fourth-order valence-corrected chi connectivity index (χ4v) is 8.54. The van der Waals surface area contributed by atoms with Crippen LogP contribution in [0.5, 0.6) is 0 Å². The zero-order chi connectivity index (χ0) is 60.5. The number of carboxylic acid groups (broad SMARTS) is 1. The number of unbranched alkanes of at least 4 members (excludes halogenated alkanes) is 20. The second kappa shape index (κ2) is 63.2. The summed E-state index contributed by atoms with van der Waals surface area (Å²) in [5.41, 5.74) is 0. The monoisotopic (exact) mass is 1150 g/mol. The van der Waals surface area contributed by atoms with Gasteiger partial charge in [0.15, 0.2) is 12.4 Å².